The predicted octanol–water partition coefficient (Wildman–Crippen LogP) is 4.94. The minimum atomic E-state index is -0.903. The summed E-state index contributed by atoms with van der Waals surface area (Å²) in [6.07, 6.45) is 1.83. The van der Waals surface area contributed by atoms with Crippen LogP contribution in [0.2, 0.25) is 0 Å². The Bertz CT molecular complexity index is 1140. The molecule has 1 aliphatic carbocycles. The molecule has 6 nitrogen and oxygen atoms in total. The number of carboxylic acids is 1. The zero-order chi connectivity index (χ0) is 22.8. The number of rotatable bonds is 6. The molecule has 4 rings (SSSR count). The highest BCUT2D eigenvalue weighted by Gasteiger charge is 2.33. The number of ether oxygens (including phenoxy) is 1. The number of aromatic nitrogens is 1. The Balaban J connectivity index is 1.60. The molecule has 0 saturated heterocycles. The van der Waals surface area contributed by atoms with Gasteiger partial charge in [-0.2, -0.15) is 0 Å². The second kappa shape index (κ2) is 9.02. The van der Waals surface area contributed by atoms with Gasteiger partial charge in [0, 0.05) is 29.7 Å². The Hall–Kier alpha value is -3.35. The Morgan fingerprint density at radius 2 is 2.00 bits per heavy atom. The molecule has 3 aromatic rings. The topological polar surface area (TPSA) is 71.8 Å². The fourth-order valence-electron chi connectivity index (χ4n) is 4.67. The van der Waals surface area contributed by atoms with Gasteiger partial charge >= 0.3 is 12.1 Å². The largest absolute Gasteiger partial charge is 0.480 e. The third-order valence-electron chi connectivity index (χ3n) is 6.36. The first-order chi connectivity index (χ1) is 15.4. The second-order valence-corrected chi connectivity index (χ2v) is 8.27. The summed E-state index contributed by atoms with van der Waals surface area (Å²) in [6.45, 7) is 2.03. The van der Waals surface area contributed by atoms with Crippen molar-refractivity contribution < 1.29 is 23.8 Å². The lowest BCUT2D eigenvalue weighted by Gasteiger charge is -2.32. The number of carbonyl (C=O) groups excluding carboxylic acids is 1. The van der Waals surface area contributed by atoms with Crippen molar-refractivity contribution in [2.24, 2.45) is 0 Å². The summed E-state index contributed by atoms with van der Waals surface area (Å²) in [7, 11) is 1.72. The van der Waals surface area contributed by atoms with E-state index in [4.69, 9.17) is 4.74 Å². The molecule has 0 spiro atoms. The molecule has 32 heavy (non-hydrogen) atoms. The maximum Gasteiger partial charge on any atom is 0.410 e. The number of likely N-dealkylation sites (N-methyl/N-ethyl adjacent to an activating group) is 1. The molecular formula is C25H27FN2O4. The minimum absolute atomic E-state index is 0.113. The van der Waals surface area contributed by atoms with E-state index in [1.165, 1.54) is 12.1 Å². The van der Waals surface area contributed by atoms with E-state index in [-0.39, 0.29) is 18.5 Å². The summed E-state index contributed by atoms with van der Waals surface area (Å²) in [5, 5.41) is 10.5. The smallest absolute Gasteiger partial charge is 0.410 e. The molecule has 0 fully saturated rings. The molecule has 0 radical (unpaired) electrons. The Kier molecular flexibility index (Phi) is 6.17. The van der Waals surface area contributed by atoms with Crippen LogP contribution in [0.25, 0.3) is 10.9 Å². The Morgan fingerprint density at radius 1 is 1.25 bits per heavy atom. The Labute approximate surface area is 186 Å². The van der Waals surface area contributed by atoms with E-state index in [9.17, 15) is 19.1 Å². The highest BCUT2D eigenvalue weighted by Crippen LogP contribution is 2.37. The number of fused-ring (bicyclic) bond motifs is 3. The maximum absolute atomic E-state index is 14.1. The molecule has 1 aromatic heterocycles. The van der Waals surface area contributed by atoms with Crippen molar-refractivity contribution in [3.63, 3.8) is 0 Å². The number of carbonyl (C=O) groups is 2. The van der Waals surface area contributed by atoms with Gasteiger partial charge in [0.2, 0.25) is 0 Å². The van der Waals surface area contributed by atoms with Gasteiger partial charge < -0.3 is 19.3 Å². The number of halogens is 1. The van der Waals surface area contributed by atoms with Crippen LogP contribution < -0.4 is 0 Å². The van der Waals surface area contributed by atoms with Gasteiger partial charge in [0.25, 0.3) is 0 Å². The summed E-state index contributed by atoms with van der Waals surface area (Å²) >= 11 is 0. The van der Waals surface area contributed by atoms with E-state index in [1.807, 2.05) is 41.8 Å². The van der Waals surface area contributed by atoms with E-state index in [0.717, 1.165) is 27.7 Å². The number of amides is 1. The van der Waals surface area contributed by atoms with E-state index >= 15 is 0 Å². The van der Waals surface area contributed by atoms with Gasteiger partial charge in [0.05, 0.1) is 0 Å². The van der Waals surface area contributed by atoms with Gasteiger partial charge in [-0.15, -0.1) is 0 Å². The van der Waals surface area contributed by atoms with Crippen molar-refractivity contribution in [1.82, 2.24) is 9.47 Å². The highest BCUT2D eigenvalue weighted by atomic mass is 19.1. The van der Waals surface area contributed by atoms with Crippen LogP contribution in [0.3, 0.4) is 0 Å². The lowest BCUT2D eigenvalue weighted by atomic mass is 9.90. The average Bonchev–Trinajstić information content (AvgIpc) is 3.10. The third kappa shape index (κ3) is 4.07. The number of hydrogen-bond donors (Lipinski definition) is 1. The van der Waals surface area contributed by atoms with Gasteiger partial charge in [-0.3, -0.25) is 0 Å². The van der Waals surface area contributed by atoms with Crippen LogP contribution in [-0.2, 0) is 29.0 Å². The van der Waals surface area contributed by atoms with E-state index < -0.39 is 18.1 Å². The second-order valence-electron chi connectivity index (χ2n) is 8.27. The lowest BCUT2D eigenvalue weighted by molar-refractivity contribution is -0.140. The predicted molar refractivity (Wildman–Crippen MR) is 119 cm³/mol. The quantitative estimate of drug-likeness (QED) is 0.592. The first kappa shape index (κ1) is 21.9. The van der Waals surface area contributed by atoms with E-state index in [1.54, 1.807) is 18.0 Å². The number of hydrogen-bond acceptors (Lipinski definition) is 3. The summed E-state index contributed by atoms with van der Waals surface area (Å²) in [5.41, 5.74) is 3.47. The van der Waals surface area contributed by atoms with Crippen LogP contribution in [0.1, 0.15) is 42.6 Å². The summed E-state index contributed by atoms with van der Waals surface area (Å²) in [4.78, 5) is 26.2. The molecule has 7 heteroatoms. The van der Waals surface area contributed by atoms with Crippen LogP contribution in [0.5, 0.6) is 0 Å². The number of benzene rings is 2. The van der Waals surface area contributed by atoms with Gasteiger partial charge in [0.1, 0.15) is 18.5 Å². The molecule has 2 atom stereocenters. The number of carboxylic acid groups (broad SMARTS) is 1. The van der Waals surface area contributed by atoms with Crippen LogP contribution >= 0.6 is 0 Å². The van der Waals surface area contributed by atoms with Gasteiger partial charge in [-0.25, -0.2) is 14.0 Å². The highest BCUT2D eigenvalue weighted by molar-refractivity contribution is 5.88. The third-order valence-corrected chi connectivity index (χ3v) is 6.36. The SMILES string of the molecule is CCC(C(=O)O)n1c2c(c3cc(F)ccc31)C[C@@H](N(C)C(=O)OCc1ccccc1)CC2. The molecule has 1 N–H and O–H groups in total. The standard InChI is InChI=1S/C25H27FN2O4/c1-3-21(24(29)30)28-22-11-9-17(26)13-19(22)20-14-18(10-12-23(20)28)27(2)25(31)32-15-16-7-5-4-6-8-16/h4-9,11,13,18,21H,3,10,12,14-15H2,1-2H3,(H,29,30)/t18-,21?/m0/s1. The fourth-order valence-corrected chi connectivity index (χ4v) is 4.67. The van der Waals surface area contributed by atoms with Crippen molar-refractivity contribution in [3.8, 4) is 0 Å². The summed E-state index contributed by atoms with van der Waals surface area (Å²) in [6, 6.07) is 13.2. The molecule has 0 aliphatic heterocycles. The first-order valence-corrected chi connectivity index (χ1v) is 10.9. The molecule has 1 unspecified atom stereocenters. The van der Waals surface area contributed by atoms with Crippen molar-refractivity contribution >= 4 is 23.0 Å². The average molecular weight is 438 g/mol. The monoisotopic (exact) mass is 438 g/mol. The molecule has 168 valence electrons. The molecule has 2 aromatic carbocycles. The number of aliphatic carboxylic acids is 1. The van der Waals surface area contributed by atoms with Crippen LogP contribution in [-0.4, -0.2) is 39.7 Å². The molecule has 1 heterocycles. The van der Waals surface area contributed by atoms with Crippen molar-refractivity contribution in [2.45, 2.75) is 51.3 Å². The van der Waals surface area contributed by atoms with Gasteiger partial charge in [-0.05, 0) is 55.0 Å². The van der Waals surface area contributed by atoms with Gasteiger partial charge in [0.15, 0.2) is 0 Å². The van der Waals surface area contributed by atoms with E-state index in [0.29, 0.717) is 25.7 Å². The zero-order valence-electron chi connectivity index (χ0n) is 18.3. The number of nitrogens with zero attached hydrogens (tertiary/aromatic N) is 2. The zero-order valence-corrected chi connectivity index (χ0v) is 18.3. The van der Waals surface area contributed by atoms with Crippen LogP contribution in [0.15, 0.2) is 48.5 Å². The molecule has 0 bridgehead atoms. The Morgan fingerprint density at radius 3 is 2.69 bits per heavy atom. The van der Waals surface area contributed by atoms with E-state index in [2.05, 4.69) is 0 Å². The molecule has 1 amide bonds. The maximum atomic E-state index is 14.1. The van der Waals surface area contributed by atoms with Crippen molar-refractivity contribution in [3.05, 3.63) is 71.2 Å². The molecule has 1 aliphatic rings. The van der Waals surface area contributed by atoms with Crippen molar-refractivity contribution in [1.29, 1.82) is 0 Å². The fraction of sp³-hybridized carbons (Fsp3) is 0.360. The summed E-state index contributed by atoms with van der Waals surface area (Å²) in [5.74, 6) is -1.26. The van der Waals surface area contributed by atoms with Crippen molar-refractivity contribution in [2.75, 3.05) is 7.05 Å². The van der Waals surface area contributed by atoms with Gasteiger partial charge in [-0.1, -0.05) is 37.3 Å². The lowest BCUT2D eigenvalue weighted by Crippen LogP contribution is -2.41. The summed E-state index contributed by atoms with van der Waals surface area (Å²) < 4.78 is 21.4. The normalized spacial score (nSPS) is 16.4. The first-order valence-electron chi connectivity index (χ1n) is 10.9. The van der Waals surface area contributed by atoms with Crippen LogP contribution in [0.4, 0.5) is 9.18 Å². The van der Waals surface area contributed by atoms with Crippen LogP contribution in [0, 0.1) is 5.82 Å². The molecular weight excluding hydrogens is 411 g/mol. The minimum Gasteiger partial charge on any atom is -0.480 e. The molecule has 0 saturated carbocycles.